The maximum atomic E-state index is 12.9. The Hall–Kier alpha value is -1.84. The highest BCUT2D eigenvalue weighted by molar-refractivity contribution is 5.94. The molecule has 0 unspecified atom stereocenters. The van der Waals surface area contributed by atoms with Crippen LogP contribution in [0.4, 0.5) is 0 Å². The number of amides is 1. The lowest BCUT2D eigenvalue weighted by Crippen LogP contribution is -2.51. The first-order valence-electron chi connectivity index (χ1n) is 9.62. The zero-order valence-corrected chi connectivity index (χ0v) is 14.9. The first-order chi connectivity index (χ1) is 12.1. The first kappa shape index (κ1) is 16.6. The Kier molecular flexibility index (Phi) is 4.30. The SMILES string of the molecule is CCNC(=O)c1ccc(OCC(=O)C23CC4CC(CC(C4)C2)C3)cc1. The molecule has 0 radical (unpaired) electrons. The van der Waals surface area contributed by atoms with Crippen LogP contribution >= 0.6 is 0 Å². The second-order valence-electron chi connectivity index (χ2n) is 8.29. The Bertz CT molecular complexity index is 629. The minimum Gasteiger partial charge on any atom is -0.486 e. The molecule has 4 heteroatoms. The molecule has 134 valence electrons. The van der Waals surface area contributed by atoms with Crippen molar-refractivity contribution in [3.8, 4) is 5.75 Å². The molecule has 1 aromatic carbocycles. The molecular weight excluding hydrogens is 314 g/mol. The van der Waals surface area contributed by atoms with Gasteiger partial charge in [0.05, 0.1) is 0 Å². The normalized spacial score (nSPS) is 32.4. The van der Waals surface area contributed by atoms with E-state index in [1.165, 1.54) is 19.3 Å². The summed E-state index contributed by atoms with van der Waals surface area (Å²) >= 11 is 0. The van der Waals surface area contributed by atoms with E-state index in [1.807, 2.05) is 6.92 Å². The third-order valence-electron chi connectivity index (χ3n) is 6.45. The number of benzene rings is 1. The van der Waals surface area contributed by atoms with Gasteiger partial charge in [0, 0.05) is 17.5 Å². The summed E-state index contributed by atoms with van der Waals surface area (Å²) < 4.78 is 5.77. The standard InChI is InChI=1S/C21H27NO3/c1-2-22-20(24)17-3-5-18(6-4-17)25-13-19(23)21-10-14-7-15(11-21)9-16(8-14)12-21/h3-6,14-16H,2,7-13H2,1H3,(H,22,24). The Morgan fingerprint density at radius 3 is 2.12 bits per heavy atom. The molecule has 0 aromatic heterocycles. The van der Waals surface area contributed by atoms with Crippen LogP contribution in [0, 0.1) is 23.2 Å². The van der Waals surface area contributed by atoms with Crippen LogP contribution in [0.15, 0.2) is 24.3 Å². The molecule has 0 spiro atoms. The highest BCUT2D eigenvalue weighted by Crippen LogP contribution is 2.60. The molecular formula is C21H27NO3. The molecule has 4 fully saturated rings. The second kappa shape index (κ2) is 6.47. The fourth-order valence-corrected chi connectivity index (χ4v) is 5.72. The third kappa shape index (κ3) is 3.19. The summed E-state index contributed by atoms with van der Waals surface area (Å²) in [6.07, 6.45) is 7.27. The van der Waals surface area contributed by atoms with E-state index in [0.29, 0.717) is 23.6 Å². The zero-order chi connectivity index (χ0) is 17.4. The van der Waals surface area contributed by atoms with Crippen molar-refractivity contribution in [2.75, 3.05) is 13.2 Å². The van der Waals surface area contributed by atoms with Crippen molar-refractivity contribution in [2.24, 2.45) is 23.2 Å². The van der Waals surface area contributed by atoms with Crippen molar-refractivity contribution in [1.82, 2.24) is 5.32 Å². The van der Waals surface area contributed by atoms with Crippen molar-refractivity contribution in [3.63, 3.8) is 0 Å². The largest absolute Gasteiger partial charge is 0.486 e. The van der Waals surface area contributed by atoms with Gasteiger partial charge in [-0.05, 0) is 87.5 Å². The molecule has 0 heterocycles. The summed E-state index contributed by atoms with van der Waals surface area (Å²) in [7, 11) is 0. The van der Waals surface area contributed by atoms with E-state index < -0.39 is 0 Å². The lowest BCUT2D eigenvalue weighted by Gasteiger charge is -2.55. The number of ketones is 1. The summed E-state index contributed by atoms with van der Waals surface area (Å²) in [5.41, 5.74) is 0.511. The van der Waals surface area contributed by atoms with Gasteiger partial charge in [0.15, 0.2) is 5.78 Å². The predicted molar refractivity (Wildman–Crippen MR) is 95.6 cm³/mol. The molecule has 0 saturated heterocycles. The van der Waals surface area contributed by atoms with E-state index in [4.69, 9.17) is 4.74 Å². The van der Waals surface area contributed by atoms with Gasteiger partial charge in [0.2, 0.25) is 0 Å². The quantitative estimate of drug-likeness (QED) is 0.860. The van der Waals surface area contributed by atoms with Crippen LogP contribution in [0.2, 0.25) is 0 Å². The molecule has 4 saturated carbocycles. The van der Waals surface area contributed by atoms with Crippen LogP contribution in [0.1, 0.15) is 55.8 Å². The van der Waals surface area contributed by atoms with Crippen molar-refractivity contribution >= 4 is 11.7 Å². The Labute approximate surface area is 149 Å². The molecule has 1 N–H and O–H groups in total. The van der Waals surface area contributed by atoms with E-state index >= 15 is 0 Å². The third-order valence-corrected chi connectivity index (χ3v) is 6.45. The lowest BCUT2D eigenvalue weighted by molar-refractivity contribution is -0.145. The maximum absolute atomic E-state index is 12.9. The Morgan fingerprint density at radius 1 is 1.04 bits per heavy atom. The number of carbonyl (C=O) groups excluding carboxylic acids is 2. The van der Waals surface area contributed by atoms with Gasteiger partial charge in [-0.2, -0.15) is 0 Å². The minimum absolute atomic E-state index is 0.0845. The maximum Gasteiger partial charge on any atom is 0.251 e. The van der Waals surface area contributed by atoms with Gasteiger partial charge in [-0.25, -0.2) is 0 Å². The van der Waals surface area contributed by atoms with Crippen LogP contribution in [0.5, 0.6) is 5.75 Å². The number of hydrogen-bond donors (Lipinski definition) is 1. The predicted octanol–water partition coefficient (Wildman–Crippen LogP) is 3.60. The smallest absolute Gasteiger partial charge is 0.251 e. The summed E-state index contributed by atoms with van der Waals surface area (Å²) in [5, 5.41) is 2.77. The molecule has 4 nitrogen and oxygen atoms in total. The molecule has 1 amide bonds. The summed E-state index contributed by atoms with van der Waals surface area (Å²) in [6.45, 7) is 2.66. The topological polar surface area (TPSA) is 55.4 Å². The molecule has 0 aliphatic heterocycles. The Balaban J connectivity index is 1.37. The average molecular weight is 341 g/mol. The summed E-state index contributed by atoms with van der Waals surface area (Å²) in [5.74, 6) is 3.17. The van der Waals surface area contributed by atoms with Crippen molar-refractivity contribution in [1.29, 1.82) is 0 Å². The van der Waals surface area contributed by atoms with Crippen molar-refractivity contribution < 1.29 is 14.3 Å². The molecule has 4 aliphatic rings. The average Bonchev–Trinajstić information content (AvgIpc) is 2.59. The van der Waals surface area contributed by atoms with Gasteiger partial charge < -0.3 is 10.1 Å². The molecule has 25 heavy (non-hydrogen) atoms. The van der Waals surface area contributed by atoms with Gasteiger partial charge in [0.25, 0.3) is 5.91 Å². The lowest BCUT2D eigenvalue weighted by atomic mass is 9.48. The number of nitrogens with one attached hydrogen (secondary N) is 1. The monoisotopic (exact) mass is 341 g/mol. The Morgan fingerprint density at radius 2 is 1.60 bits per heavy atom. The van der Waals surface area contributed by atoms with Gasteiger partial charge >= 0.3 is 0 Å². The molecule has 5 rings (SSSR count). The van der Waals surface area contributed by atoms with Crippen molar-refractivity contribution in [2.45, 2.75) is 45.4 Å². The van der Waals surface area contributed by atoms with Gasteiger partial charge in [-0.1, -0.05) is 0 Å². The van der Waals surface area contributed by atoms with Crippen molar-refractivity contribution in [3.05, 3.63) is 29.8 Å². The van der Waals surface area contributed by atoms with E-state index in [0.717, 1.165) is 37.0 Å². The molecule has 1 aromatic rings. The molecule has 4 aliphatic carbocycles. The van der Waals surface area contributed by atoms with Crippen LogP contribution in [0.3, 0.4) is 0 Å². The zero-order valence-electron chi connectivity index (χ0n) is 14.9. The highest BCUT2D eigenvalue weighted by atomic mass is 16.5. The van der Waals surface area contributed by atoms with E-state index in [1.54, 1.807) is 24.3 Å². The molecule has 0 atom stereocenters. The van der Waals surface area contributed by atoms with E-state index in [-0.39, 0.29) is 17.9 Å². The highest BCUT2D eigenvalue weighted by Gasteiger charge is 2.54. The van der Waals surface area contributed by atoms with Crippen LogP contribution in [-0.4, -0.2) is 24.8 Å². The number of rotatable bonds is 6. The second-order valence-corrected chi connectivity index (χ2v) is 8.29. The molecule has 4 bridgehead atoms. The van der Waals surface area contributed by atoms with Gasteiger partial charge in [-0.15, -0.1) is 0 Å². The number of ether oxygens (including phenoxy) is 1. The number of hydrogen-bond acceptors (Lipinski definition) is 3. The fourth-order valence-electron chi connectivity index (χ4n) is 5.72. The first-order valence-corrected chi connectivity index (χ1v) is 9.62. The fraction of sp³-hybridized carbons (Fsp3) is 0.619. The number of carbonyl (C=O) groups is 2. The summed E-state index contributed by atoms with van der Waals surface area (Å²) in [4.78, 5) is 24.7. The van der Waals surface area contributed by atoms with Crippen LogP contribution in [-0.2, 0) is 4.79 Å². The van der Waals surface area contributed by atoms with Gasteiger partial charge in [-0.3, -0.25) is 9.59 Å². The minimum atomic E-state index is -0.101. The van der Waals surface area contributed by atoms with E-state index in [9.17, 15) is 9.59 Å². The van der Waals surface area contributed by atoms with Crippen LogP contribution < -0.4 is 10.1 Å². The van der Waals surface area contributed by atoms with Crippen LogP contribution in [0.25, 0.3) is 0 Å². The van der Waals surface area contributed by atoms with E-state index in [2.05, 4.69) is 5.32 Å². The van der Waals surface area contributed by atoms with Gasteiger partial charge in [0.1, 0.15) is 12.4 Å². The number of Topliss-reactive ketones (excluding diaryl/α,β-unsaturated/α-hetero) is 1. The summed E-state index contributed by atoms with van der Waals surface area (Å²) in [6, 6.07) is 7.04.